The zero-order valence-electron chi connectivity index (χ0n) is 9.45. The maximum atomic E-state index is 2.45. The van der Waals surface area contributed by atoms with Gasteiger partial charge in [-0.2, -0.15) is 0 Å². The highest BCUT2D eigenvalue weighted by Crippen LogP contribution is 2.16. The third-order valence-corrected chi connectivity index (χ3v) is 3.00. The molecule has 1 aromatic rings. The van der Waals surface area contributed by atoms with Gasteiger partial charge in [-0.1, -0.05) is 30.3 Å². The molecule has 1 heterocycles. The quantitative estimate of drug-likeness (QED) is 0.707. The zero-order chi connectivity index (χ0) is 10.5. The maximum absolute atomic E-state index is 2.45. The van der Waals surface area contributed by atoms with Crippen molar-refractivity contribution in [3.05, 3.63) is 42.1 Å². The van der Waals surface area contributed by atoms with Crippen LogP contribution in [0.5, 0.6) is 0 Å². The molecule has 15 heavy (non-hydrogen) atoms. The predicted molar refractivity (Wildman–Crippen MR) is 65.5 cm³/mol. The Morgan fingerprint density at radius 3 is 2.40 bits per heavy atom. The van der Waals surface area contributed by atoms with Crippen molar-refractivity contribution in [3.63, 3.8) is 0 Å². The van der Waals surface area contributed by atoms with Gasteiger partial charge in [0.25, 0.3) is 0 Å². The lowest BCUT2D eigenvalue weighted by atomic mass is 10.1. The van der Waals surface area contributed by atoms with Crippen molar-refractivity contribution in [2.75, 3.05) is 13.1 Å². The molecule has 1 saturated heterocycles. The first-order chi connectivity index (χ1) is 7.36. The van der Waals surface area contributed by atoms with Crippen LogP contribution in [-0.2, 0) is 0 Å². The molecule has 1 fully saturated rings. The summed E-state index contributed by atoms with van der Waals surface area (Å²) in [5.74, 6) is 0. The van der Waals surface area contributed by atoms with Crippen LogP contribution in [0.15, 0.2) is 36.5 Å². The molecule has 0 saturated carbocycles. The predicted octanol–water partition coefficient (Wildman–Crippen LogP) is 3.53. The molecule has 0 atom stereocenters. The van der Waals surface area contributed by atoms with Crippen LogP contribution in [-0.4, -0.2) is 18.0 Å². The van der Waals surface area contributed by atoms with Gasteiger partial charge in [0.2, 0.25) is 0 Å². The van der Waals surface area contributed by atoms with Crippen molar-refractivity contribution in [3.8, 4) is 0 Å². The monoisotopic (exact) mass is 201 g/mol. The van der Waals surface area contributed by atoms with E-state index in [9.17, 15) is 0 Å². The van der Waals surface area contributed by atoms with Gasteiger partial charge in [0.15, 0.2) is 0 Å². The molecule has 0 bridgehead atoms. The Balaban J connectivity index is 2.06. The molecule has 0 radical (unpaired) electrons. The molecule has 0 spiro atoms. The Labute approximate surface area is 92.4 Å². The number of rotatable bonds is 2. The van der Waals surface area contributed by atoms with Gasteiger partial charge in [0.05, 0.1) is 0 Å². The minimum Gasteiger partial charge on any atom is -0.377 e. The number of piperidine rings is 1. The molecule has 0 amide bonds. The molecule has 80 valence electrons. The van der Waals surface area contributed by atoms with Crippen molar-refractivity contribution < 1.29 is 0 Å². The molecule has 1 aromatic carbocycles. The summed E-state index contributed by atoms with van der Waals surface area (Å²) in [5, 5.41) is 0. The third kappa shape index (κ3) is 2.85. The van der Waals surface area contributed by atoms with Crippen LogP contribution < -0.4 is 0 Å². The Morgan fingerprint density at radius 1 is 1.07 bits per heavy atom. The molecular weight excluding hydrogens is 182 g/mol. The normalized spacial score (nSPS) is 17.9. The summed E-state index contributed by atoms with van der Waals surface area (Å²) in [6, 6.07) is 10.6. The van der Waals surface area contributed by atoms with Crippen molar-refractivity contribution >= 4 is 5.57 Å². The Hall–Kier alpha value is -1.24. The fourth-order valence-corrected chi connectivity index (χ4v) is 2.10. The molecule has 0 unspecified atom stereocenters. The second kappa shape index (κ2) is 5.01. The van der Waals surface area contributed by atoms with Crippen LogP contribution in [0.3, 0.4) is 0 Å². The molecular formula is C14H19N. The molecule has 1 heteroatoms. The second-order valence-electron chi connectivity index (χ2n) is 4.27. The highest BCUT2D eigenvalue weighted by molar-refractivity contribution is 5.63. The standard InChI is InChI=1S/C14H19N/c1-13(14-8-4-2-5-9-14)12-15-10-6-3-7-11-15/h2,4-5,8-9,12H,3,6-7,10-11H2,1H3/b13-12-. The van der Waals surface area contributed by atoms with Gasteiger partial charge in [-0.15, -0.1) is 0 Å². The summed E-state index contributed by atoms with van der Waals surface area (Å²) in [6.45, 7) is 4.65. The fraction of sp³-hybridized carbons (Fsp3) is 0.429. The SMILES string of the molecule is C/C(=C/N1CCCCC1)c1ccccc1. The van der Waals surface area contributed by atoms with E-state index >= 15 is 0 Å². The molecule has 0 N–H and O–H groups in total. The van der Waals surface area contributed by atoms with Gasteiger partial charge in [-0.25, -0.2) is 0 Å². The van der Waals surface area contributed by atoms with E-state index in [1.807, 2.05) is 0 Å². The molecule has 2 rings (SSSR count). The number of benzene rings is 1. The summed E-state index contributed by atoms with van der Waals surface area (Å²) in [5.41, 5.74) is 2.71. The van der Waals surface area contributed by atoms with E-state index in [-0.39, 0.29) is 0 Å². The number of nitrogens with zero attached hydrogens (tertiary/aromatic N) is 1. The Morgan fingerprint density at radius 2 is 1.73 bits per heavy atom. The minimum absolute atomic E-state index is 1.23. The van der Waals surface area contributed by atoms with Crippen LogP contribution >= 0.6 is 0 Å². The van der Waals surface area contributed by atoms with Gasteiger partial charge in [-0.3, -0.25) is 0 Å². The summed E-state index contributed by atoms with van der Waals surface area (Å²) in [4.78, 5) is 2.45. The van der Waals surface area contributed by atoms with E-state index in [0.717, 1.165) is 0 Å². The number of allylic oxidation sites excluding steroid dienone is 1. The van der Waals surface area contributed by atoms with Crippen molar-refractivity contribution in [2.45, 2.75) is 26.2 Å². The fourth-order valence-electron chi connectivity index (χ4n) is 2.10. The van der Waals surface area contributed by atoms with E-state index in [2.05, 4.69) is 48.4 Å². The largest absolute Gasteiger partial charge is 0.377 e. The first-order valence-corrected chi connectivity index (χ1v) is 5.84. The van der Waals surface area contributed by atoms with Crippen LogP contribution in [0.4, 0.5) is 0 Å². The molecule has 1 aliphatic rings. The summed E-state index contributed by atoms with van der Waals surface area (Å²) >= 11 is 0. The van der Waals surface area contributed by atoms with Crippen molar-refractivity contribution in [1.82, 2.24) is 4.90 Å². The Kier molecular flexibility index (Phi) is 3.44. The van der Waals surface area contributed by atoms with Gasteiger partial charge >= 0.3 is 0 Å². The molecule has 1 nitrogen and oxygen atoms in total. The maximum Gasteiger partial charge on any atom is 0.0172 e. The van der Waals surface area contributed by atoms with Gasteiger partial charge < -0.3 is 4.90 Å². The first-order valence-electron chi connectivity index (χ1n) is 5.84. The van der Waals surface area contributed by atoms with Crippen LogP contribution in [0, 0.1) is 0 Å². The highest BCUT2D eigenvalue weighted by Gasteiger charge is 2.06. The van der Waals surface area contributed by atoms with Crippen molar-refractivity contribution in [2.24, 2.45) is 0 Å². The lowest BCUT2D eigenvalue weighted by Crippen LogP contribution is -2.24. The van der Waals surface area contributed by atoms with E-state index in [0.29, 0.717) is 0 Å². The summed E-state index contributed by atoms with van der Waals surface area (Å²) in [7, 11) is 0. The molecule has 1 aliphatic heterocycles. The lowest BCUT2D eigenvalue weighted by molar-refractivity contribution is 0.310. The zero-order valence-corrected chi connectivity index (χ0v) is 9.45. The van der Waals surface area contributed by atoms with Crippen LogP contribution in [0.25, 0.3) is 5.57 Å². The third-order valence-electron chi connectivity index (χ3n) is 3.00. The molecule has 0 aliphatic carbocycles. The average molecular weight is 201 g/mol. The van der Waals surface area contributed by atoms with Gasteiger partial charge in [-0.05, 0) is 37.3 Å². The van der Waals surface area contributed by atoms with Gasteiger partial charge in [0, 0.05) is 19.3 Å². The smallest absolute Gasteiger partial charge is 0.0172 e. The molecule has 0 aromatic heterocycles. The second-order valence-corrected chi connectivity index (χ2v) is 4.27. The number of hydrogen-bond acceptors (Lipinski definition) is 1. The van der Waals surface area contributed by atoms with E-state index in [1.165, 1.54) is 43.5 Å². The van der Waals surface area contributed by atoms with E-state index in [4.69, 9.17) is 0 Å². The number of hydrogen-bond donors (Lipinski definition) is 0. The van der Waals surface area contributed by atoms with Crippen LogP contribution in [0.2, 0.25) is 0 Å². The highest BCUT2D eigenvalue weighted by atomic mass is 15.1. The lowest BCUT2D eigenvalue weighted by Gasteiger charge is -2.25. The number of likely N-dealkylation sites (tertiary alicyclic amines) is 1. The van der Waals surface area contributed by atoms with Crippen molar-refractivity contribution in [1.29, 1.82) is 0 Å². The topological polar surface area (TPSA) is 3.24 Å². The summed E-state index contributed by atoms with van der Waals surface area (Å²) < 4.78 is 0. The van der Waals surface area contributed by atoms with E-state index in [1.54, 1.807) is 0 Å². The van der Waals surface area contributed by atoms with E-state index < -0.39 is 0 Å². The average Bonchev–Trinajstić information content (AvgIpc) is 2.31. The minimum atomic E-state index is 1.23. The van der Waals surface area contributed by atoms with Gasteiger partial charge in [0.1, 0.15) is 0 Å². The first kappa shape index (κ1) is 10.3. The Bertz CT molecular complexity index is 320. The van der Waals surface area contributed by atoms with Crippen LogP contribution in [0.1, 0.15) is 31.7 Å². The summed E-state index contributed by atoms with van der Waals surface area (Å²) in [6.07, 6.45) is 6.40.